The van der Waals surface area contributed by atoms with Crippen LogP contribution in [0.15, 0.2) is 40.1 Å². The summed E-state index contributed by atoms with van der Waals surface area (Å²) in [5.41, 5.74) is 1.90. The van der Waals surface area contributed by atoms with E-state index in [1.165, 1.54) is 0 Å². The number of pyridine rings is 2. The summed E-state index contributed by atoms with van der Waals surface area (Å²) in [6, 6.07) is 4.97. The Morgan fingerprint density at radius 1 is 1.32 bits per heavy atom. The van der Waals surface area contributed by atoms with Gasteiger partial charge < -0.3 is 4.57 Å². The number of nitrogens with zero attached hydrogens (tertiary/aromatic N) is 4. The number of rotatable bonds is 3. The first-order valence-corrected chi connectivity index (χ1v) is 9.04. The molecule has 0 unspecified atom stereocenters. The van der Waals surface area contributed by atoms with E-state index in [-0.39, 0.29) is 10.6 Å². The first-order chi connectivity index (χ1) is 10.4. The van der Waals surface area contributed by atoms with Crippen LogP contribution in [0.1, 0.15) is 6.92 Å². The van der Waals surface area contributed by atoms with Crippen LogP contribution in [0.4, 0.5) is 0 Å². The van der Waals surface area contributed by atoms with Crippen molar-refractivity contribution in [1.82, 2.24) is 19.5 Å². The lowest BCUT2D eigenvalue weighted by Gasteiger charge is -2.08. The Morgan fingerprint density at radius 3 is 2.82 bits per heavy atom. The van der Waals surface area contributed by atoms with Crippen LogP contribution >= 0.6 is 15.9 Å². The lowest BCUT2D eigenvalue weighted by atomic mass is 10.3. The summed E-state index contributed by atoms with van der Waals surface area (Å²) in [4.78, 5) is 13.1. The van der Waals surface area contributed by atoms with Crippen molar-refractivity contribution in [3.63, 3.8) is 0 Å². The van der Waals surface area contributed by atoms with Crippen molar-refractivity contribution in [2.75, 3.05) is 5.75 Å². The van der Waals surface area contributed by atoms with Crippen molar-refractivity contribution in [2.24, 2.45) is 7.05 Å². The maximum atomic E-state index is 12.3. The number of sulfone groups is 1. The topological polar surface area (TPSA) is 77.7 Å². The Bertz CT molecular complexity index is 966. The van der Waals surface area contributed by atoms with Gasteiger partial charge in [-0.25, -0.2) is 18.4 Å². The molecule has 0 amide bonds. The number of aromatic nitrogens is 4. The molecule has 0 saturated carbocycles. The summed E-state index contributed by atoms with van der Waals surface area (Å²) >= 11 is 3.31. The summed E-state index contributed by atoms with van der Waals surface area (Å²) in [5, 5.41) is 0. The molecule has 0 N–H and O–H groups in total. The zero-order valence-electron chi connectivity index (χ0n) is 12.0. The van der Waals surface area contributed by atoms with E-state index in [4.69, 9.17) is 0 Å². The minimum Gasteiger partial charge on any atom is -0.324 e. The molecule has 114 valence electrons. The molecule has 0 bridgehead atoms. The Kier molecular flexibility index (Phi) is 3.73. The van der Waals surface area contributed by atoms with Crippen LogP contribution in [0.25, 0.3) is 22.6 Å². The molecule has 3 heterocycles. The van der Waals surface area contributed by atoms with Gasteiger partial charge in [-0.1, -0.05) is 6.92 Å². The third-order valence-corrected chi connectivity index (χ3v) is 5.62. The van der Waals surface area contributed by atoms with Crippen LogP contribution in [0.3, 0.4) is 0 Å². The smallest absolute Gasteiger partial charge is 0.180 e. The van der Waals surface area contributed by atoms with E-state index in [2.05, 4.69) is 30.9 Å². The molecule has 3 aromatic heterocycles. The van der Waals surface area contributed by atoms with Crippen molar-refractivity contribution in [3.05, 3.63) is 35.2 Å². The second-order valence-electron chi connectivity index (χ2n) is 4.74. The molecule has 0 aliphatic rings. The van der Waals surface area contributed by atoms with Gasteiger partial charge in [0.25, 0.3) is 0 Å². The average Bonchev–Trinajstić information content (AvgIpc) is 2.83. The fraction of sp³-hybridized carbons (Fsp3) is 0.214. The van der Waals surface area contributed by atoms with Crippen molar-refractivity contribution in [2.45, 2.75) is 11.8 Å². The number of hydrogen-bond donors (Lipinski definition) is 0. The lowest BCUT2D eigenvalue weighted by Crippen LogP contribution is -2.08. The summed E-state index contributed by atoms with van der Waals surface area (Å²) in [6.45, 7) is 1.61. The predicted molar refractivity (Wildman–Crippen MR) is 87.2 cm³/mol. The molecule has 22 heavy (non-hydrogen) atoms. The van der Waals surface area contributed by atoms with E-state index in [1.807, 2.05) is 7.05 Å². The minimum absolute atomic E-state index is 0.0166. The van der Waals surface area contributed by atoms with Gasteiger partial charge in [0.1, 0.15) is 10.3 Å². The molecule has 0 fully saturated rings. The first-order valence-electron chi connectivity index (χ1n) is 6.60. The number of imidazole rings is 1. The Balaban J connectivity index is 2.31. The summed E-state index contributed by atoms with van der Waals surface area (Å²) in [6.07, 6.45) is 3.25. The SMILES string of the molecule is CCS(=O)(=O)c1cccnc1-c1nc2cc(Br)ncc2n1C. The second-order valence-corrected chi connectivity index (χ2v) is 7.80. The first kappa shape index (κ1) is 15.1. The van der Waals surface area contributed by atoms with Gasteiger partial charge in [0.05, 0.1) is 27.9 Å². The van der Waals surface area contributed by atoms with Gasteiger partial charge >= 0.3 is 0 Å². The van der Waals surface area contributed by atoms with Crippen LogP contribution in [-0.4, -0.2) is 33.7 Å². The molecule has 8 heteroatoms. The second kappa shape index (κ2) is 5.44. The average molecular weight is 381 g/mol. The van der Waals surface area contributed by atoms with Crippen LogP contribution in [0.2, 0.25) is 0 Å². The fourth-order valence-corrected chi connectivity index (χ4v) is 3.60. The summed E-state index contributed by atoms with van der Waals surface area (Å²) in [5.74, 6) is 0.519. The third kappa shape index (κ3) is 2.42. The zero-order chi connectivity index (χ0) is 15.9. The largest absolute Gasteiger partial charge is 0.324 e. The summed E-state index contributed by atoms with van der Waals surface area (Å²) < 4.78 is 27.0. The maximum Gasteiger partial charge on any atom is 0.180 e. The van der Waals surface area contributed by atoms with Gasteiger partial charge in [-0.05, 0) is 34.1 Å². The molecule has 0 spiro atoms. The van der Waals surface area contributed by atoms with E-state index in [0.29, 0.717) is 16.1 Å². The number of aryl methyl sites for hydroxylation is 1. The number of hydrogen-bond acceptors (Lipinski definition) is 5. The maximum absolute atomic E-state index is 12.3. The predicted octanol–water partition coefficient (Wildman–Crippen LogP) is 2.59. The molecule has 0 aromatic carbocycles. The molecule has 3 aromatic rings. The molecular weight excluding hydrogens is 368 g/mol. The van der Waals surface area contributed by atoms with Gasteiger partial charge in [-0.2, -0.15) is 0 Å². The molecule has 0 radical (unpaired) electrons. The Hall–Kier alpha value is -1.80. The normalized spacial score (nSPS) is 12.0. The lowest BCUT2D eigenvalue weighted by molar-refractivity contribution is 0.597. The van der Waals surface area contributed by atoms with E-state index in [1.54, 1.807) is 42.1 Å². The third-order valence-electron chi connectivity index (χ3n) is 3.43. The van der Waals surface area contributed by atoms with Crippen LogP contribution in [0, 0.1) is 0 Å². The van der Waals surface area contributed by atoms with E-state index in [0.717, 1.165) is 11.0 Å². The van der Waals surface area contributed by atoms with Gasteiger partial charge in [0, 0.05) is 13.2 Å². The molecule has 0 aliphatic carbocycles. The van der Waals surface area contributed by atoms with Crippen LogP contribution in [-0.2, 0) is 16.9 Å². The van der Waals surface area contributed by atoms with E-state index < -0.39 is 9.84 Å². The highest BCUT2D eigenvalue weighted by Crippen LogP contribution is 2.28. The van der Waals surface area contributed by atoms with Crippen LogP contribution in [0.5, 0.6) is 0 Å². The molecular formula is C14H13BrN4O2S. The highest BCUT2D eigenvalue weighted by Gasteiger charge is 2.22. The highest BCUT2D eigenvalue weighted by molar-refractivity contribution is 9.10. The number of fused-ring (bicyclic) bond motifs is 1. The molecule has 0 aliphatic heterocycles. The zero-order valence-corrected chi connectivity index (χ0v) is 14.4. The molecule has 6 nitrogen and oxygen atoms in total. The Labute approximate surface area is 136 Å². The van der Waals surface area contributed by atoms with Gasteiger partial charge in [-0.3, -0.25) is 4.98 Å². The number of halogens is 1. The van der Waals surface area contributed by atoms with E-state index in [9.17, 15) is 8.42 Å². The van der Waals surface area contributed by atoms with Crippen molar-refractivity contribution >= 4 is 36.8 Å². The quantitative estimate of drug-likeness (QED) is 0.652. The summed E-state index contributed by atoms with van der Waals surface area (Å²) in [7, 11) is -1.56. The van der Waals surface area contributed by atoms with Gasteiger partial charge in [-0.15, -0.1) is 0 Å². The van der Waals surface area contributed by atoms with Gasteiger partial charge in [0.15, 0.2) is 15.7 Å². The van der Waals surface area contributed by atoms with Crippen molar-refractivity contribution < 1.29 is 8.42 Å². The Morgan fingerprint density at radius 2 is 2.09 bits per heavy atom. The molecule has 0 atom stereocenters. The monoisotopic (exact) mass is 380 g/mol. The van der Waals surface area contributed by atoms with Gasteiger partial charge in [0.2, 0.25) is 0 Å². The van der Waals surface area contributed by atoms with Crippen LogP contribution < -0.4 is 0 Å². The molecule has 0 saturated heterocycles. The standard InChI is InChI=1S/C14H13BrN4O2S/c1-3-22(20,21)11-5-4-6-16-13(11)14-18-9-7-12(15)17-8-10(9)19(14)2/h4-8H,3H2,1-2H3. The van der Waals surface area contributed by atoms with Crippen molar-refractivity contribution in [3.8, 4) is 11.5 Å². The minimum atomic E-state index is -3.38. The molecule has 3 rings (SSSR count). The van der Waals surface area contributed by atoms with Crippen molar-refractivity contribution in [1.29, 1.82) is 0 Å². The highest BCUT2D eigenvalue weighted by atomic mass is 79.9. The van der Waals surface area contributed by atoms with E-state index >= 15 is 0 Å². The fourth-order valence-electron chi connectivity index (χ4n) is 2.24.